The number of imidazole rings is 1. The maximum absolute atomic E-state index is 12.9. The molecule has 2 N–H and O–H groups in total. The number of hydrogen-bond donors (Lipinski definition) is 2. The van der Waals surface area contributed by atoms with Crippen molar-refractivity contribution in [3.63, 3.8) is 0 Å². The Balaban J connectivity index is 1.31. The van der Waals surface area contributed by atoms with E-state index in [1.165, 1.54) is 4.90 Å². The number of rotatable bonds is 8. The Labute approximate surface area is 197 Å². The summed E-state index contributed by atoms with van der Waals surface area (Å²) in [5.41, 5.74) is 3.49. The fourth-order valence-corrected chi connectivity index (χ4v) is 6.27. The Morgan fingerprint density at radius 1 is 1.18 bits per heavy atom. The summed E-state index contributed by atoms with van der Waals surface area (Å²) in [6.45, 7) is 2.08. The smallest absolute Gasteiger partial charge is 0.254 e. The van der Waals surface area contributed by atoms with Gasteiger partial charge in [0.1, 0.15) is 0 Å². The number of thioether (sulfide) groups is 1. The number of benzene rings is 2. The van der Waals surface area contributed by atoms with Crippen LogP contribution in [0, 0.1) is 0 Å². The van der Waals surface area contributed by atoms with Crippen LogP contribution in [0.3, 0.4) is 0 Å². The zero-order chi connectivity index (χ0) is 23.4. The highest BCUT2D eigenvalue weighted by Crippen LogP contribution is 2.23. The number of aromatic nitrogens is 2. The minimum atomic E-state index is -3.07. The molecule has 174 valence electrons. The van der Waals surface area contributed by atoms with E-state index in [4.69, 9.17) is 0 Å². The van der Waals surface area contributed by atoms with Crippen LogP contribution in [0.25, 0.3) is 11.0 Å². The molecule has 3 aromatic rings. The molecule has 10 heteroatoms. The number of H-pyrrole nitrogens is 1. The van der Waals surface area contributed by atoms with Crippen molar-refractivity contribution < 1.29 is 18.0 Å². The predicted octanol–water partition coefficient (Wildman–Crippen LogP) is 2.62. The van der Waals surface area contributed by atoms with Crippen LogP contribution in [-0.4, -0.2) is 65.7 Å². The van der Waals surface area contributed by atoms with Crippen molar-refractivity contribution >= 4 is 44.4 Å². The quantitative estimate of drug-likeness (QED) is 0.474. The van der Waals surface area contributed by atoms with E-state index in [-0.39, 0.29) is 35.9 Å². The number of carbonyl (C=O) groups is 2. The highest BCUT2D eigenvalue weighted by molar-refractivity contribution is 7.98. The third-order valence-corrected chi connectivity index (χ3v) is 8.26. The summed E-state index contributed by atoms with van der Waals surface area (Å²) in [6, 6.07) is 14.8. The Hall–Kier alpha value is -2.85. The Bertz CT molecular complexity index is 1220. The molecule has 1 fully saturated rings. The van der Waals surface area contributed by atoms with Gasteiger partial charge in [0, 0.05) is 23.9 Å². The van der Waals surface area contributed by atoms with Gasteiger partial charge in [-0.05, 0) is 43.2 Å². The van der Waals surface area contributed by atoms with Crippen LogP contribution in [0.15, 0.2) is 53.7 Å². The molecule has 0 saturated carbocycles. The van der Waals surface area contributed by atoms with Crippen molar-refractivity contribution in [2.75, 3.05) is 24.6 Å². The third-order valence-electron chi connectivity index (χ3n) is 5.55. The molecule has 4 rings (SSSR count). The van der Waals surface area contributed by atoms with Crippen molar-refractivity contribution in [3.8, 4) is 0 Å². The molecule has 33 heavy (non-hydrogen) atoms. The maximum atomic E-state index is 12.9. The van der Waals surface area contributed by atoms with Crippen molar-refractivity contribution in [2.24, 2.45) is 0 Å². The van der Waals surface area contributed by atoms with Crippen LogP contribution < -0.4 is 5.32 Å². The number of sulfone groups is 1. The molecule has 1 aliphatic rings. The largest absolute Gasteiger partial charge is 0.351 e. The summed E-state index contributed by atoms with van der Waals surface area (Å²) in [4.78, 5) is 34.5. The van der Waals surface area contributed by atoms with Gasteiger partial charge < -0.3 is 15.2 Å². The normalized spacial score (nSPS) is 17.2. The van der Waals surface area contributed by atoms with Gasteiger partial charge in [0.15, 0.2) is 15.0 Å². The summed E-state index contributed by atoms with van der Waals surface area (Å²) in [5, 5.41) is 3.58. The van der Waals surface area contributed by atoms with Gasteiger partial charge >= 0.3 is 0 Å². The molecule has 1 aromatic heterocycles. The van der Waals surface area contributed by atoms with Crippen LogP contribution in [0.1, 0.15) is 29.3 Å². The van der Waals surface area contributed by atoms with Crippen molar-refractivity contribution in [2.45, 2.75) is 30.3 Å². The second-order valence-corrected chi connectivity index (χ2v) is 11.2. The molecule has 0 aliphatic carbocycles. The lowest BCUT2D eigenvalue weighted by Gasteiger charge is -2.21. The van der Waals surface area contributed by atoms with E-state index in [0.717, 1.165) is 21.8 Å². The SMILES string of the molecule is CCN(CC(=O)NC1CCS(=O)(=O)C1)C(=O)c1ccc(CSc2nc3ccccc3[nH]2)cc1. The zero-order valence-electron chi connectivity index (χ0n) is 18.3. The number of likely N-dealkylation sites (N-methyl/N-ethyl adjacent to an activating group) is 1. The Morgan fingerprint density at radius 3 is 2.61 bits per heavy atom. The molecule has 0 bridgehead atoms. The zero-order valence-corrected chi connectivity index (χ0v) is 19.9. The summed E-state index contributed by atoms with van der Waals surface area (Å²) >= 11 is 1.59. The molecule has 0 radical (unpaired) electrons. The first-order valence-electron chi connectivity index (χ1n) is 10.8. The molecule has 2 aromatic carbocycles. The first-order chi connectivity index (χ1) is 15.8. The second-order valence-electron chi connectivity index (χ2n) is 8.03. The van der Waals surface area contributed by atoms with E-state index in [1.807, 2.05) is 43.3 Å². The minimum Gasteiger partial charge on any atom is -0.351 e. The number of amides is 2. The minimum absolute atomic E-state index is 0.0354. The maximum Gasteiger partial charge on any atom is 0.254 e. The van der Waals surface area contributed by atoms with Gasteiger partial charge in [-0.25, -0.2) is 13.4 Å². The van der Waals surface area contributed by atoms with Crippen molar-refractivity contribution in [1.29, 1.82) is 0 Å². The van der Waals surface area contributed by atoms with Gasteiger partial charge in [0.2, 0.25) is 5.91 Å². The number of nitrogens with one attached hydrogen (secondary N) is 2. The number of aromatic amines is 1. The summed E-state index contributed by atoms with van der Waals surface area (Å²) in [6.07, 6.45) is 0.418. The van der Waals surface area contributed by atoms with E-state index >= 15 is 0 Å². The highest BCUT2D eigenvalue weighted by atomic mass is 32.2. The standard InChI is InChI=1S/C23H26N4O4S2/c1-2-27(13-21(28)24-18-11-12-33(30,31)15-18)22(29)17-9-7-16(8-10-17)14-32-23-25-19-5-3-4-6-20(19)26-23/h3-10,18H,2,11-15H2,1H3,(H,24,28)(H,25,26). The number of para-hydroxylation sites is 2. The van der Waals surface area contributed by atoms with Crippen LogP contribution in [0.2, 0.25) is 0 Å². The summed E-state index contributed by atoms with van der Waals surface area (Å²) in [5.74, 6) is 0.189. The molecule has 2 amide bonds. The molecule has 1 saturated heterocycles. The average molecular weight is 487 g/mol. The van der Waals surface area contributed by atoms with Crippen molar-refractivity contribution in [1.82, 2.24) is 20.2 Å². The predicted molar refractivity (Wildman–Crippen MR) is 129 cm³/mol. The molecular weight excluding hydrogens is 460 g/mol. The molecular formula is C23H26N4O4S2. The second kappa shape index (κ2) is 9.96. The van der Waals surface area contributed by atoms with Gasteiger partial charge in [-0.2, -0.15) is 0 Å². The Morgan fingerprint density at radius 2 is 1.94 bits per heavy atom. The molecule has 0 spiro atoms. The summed E-state index contributed by atoms with van der Waals surface area (Å²) < 4.78 is 23.1. The molecule has 8 nitrogen and oxygen atoms in total. The number of nitrogens with zero attached hydrogens (tertiary/aromatic N) is 2. The molecule has 1 atom stereocenters. The van der Waals surface area contributed by atoms with E-state index in [2.05, 4.69) is 15.3 Å². The van der Waals surface area contributed by atoms with Gasteiger partial charge in [-0.15, -0.1) is 0 Å². The van der Waals surface area contributed by atoms with Crippen LogP contribution >= 0.6 is 11.8 Å². The van der Waals surface area contributed by atoms with E-state index in [1.54, 1.807) is 23.9 Å². The lowest BCUT2D eigenvalue weighted by atomic mass is 10.1. The summed E-state index contributed by atoms with van der Waals surface area (Å²) in [7, 11) is -3.07. The lowest BCUT2D eigenvalue weighted by molar-refractivity contribution is -0.122. The Kier molecular flexibility index (Phi) is 7.04. The fourth-order valence-electron chi connectivity index (χ4n) is 3.76. The molecule has 2 heterocycles. The van der Waals surface area contributed by atoms with Gasteiger partial charge in [0.25, 0.3) is 5.91 Å². The van der Waals surface area contributed by atoms with E-state index in [9.17, 15) is 18.0 Å². The first-order valence-corrected chi connectivity index (χ1v) is 13.6. The average Bonchev–Trinajstić information content (AvgIpc) is 3.37. The number of hydrogen-bond acceptors (Lipinski definition) is 6. The topological polar surface area (TPSA) is 112 Å². The van der Waals surface area contributed by atoms with E-state index < -0.39 is 9.84 Å². The van der Waals surface area contributed by atoms with Crippen LogP contribution in [-0.2, 0) is 20.4 Å². The monoisotopic (exact) mass is 486 g/mol. The van der Waals surface area contributed by atoms with Gasteiger partial charge in [0.05, 0.1) is 29.1 Å². The van der Waals surface area contributed by atoms with Crippen LogP contribution in [0.5, 0.6) is 0 Å². The fraction of sp³-hybridized carbons (Fsp3) is 0.348. The van der Waals surface area contributed by atoms with Gasteiger partial charge in [-0.3, -0.25) is 9.59 Å². The van der Waals surface area contributed by atoms with Crippen molar-refractivity contribution in [3.05, 3.63) is 59.7 Å². The number of fused-ring (bicyclic) bond motifs is 1. The molecule has 1 unspecified atom stereocenters. The first kappa shape index (κ1) is 23.3. The number of carbonyl (C=O) groups excluding carboxylic acids is 2. The van der Waals surface area contributed by atoms with E-state index in [0.29, 0.717) is 24.3 Å². The van der Waals surface area contributed by atoms with Gasteiger partial charge in [-0.1, -0.05) is 36.0 Å². The highest BCUT2D eigenvalue weighted by Gasteiger charge is 2.29. The third kappa shape index (κ3) is 5.94. The molecule has 1 aliphatic heterocycles. The lowest BCUT2D eigenvalue weighted by Crippen LogP contribution is -2.44. The van der Waals surface area contributed by atoms with Crippen LogP contribution in [0.4, 0.5) is 0 Å².